The minimum Gasteiger partial charge on any atom is -0.487 e. The zero-order valence-corrected chi connectivity index (χ0v) is 20.0. The Morgan fingerprint density at radius 3 is 2.68 bits per heavy atom. The van der Waals surface area contributed by atoms with E-state index >= 15 is 0 Å². The maximum Gasteiger partial charge on any atom is 0.221 e. The Morgan fingerprint density at radius 1 is 1.15 bits per heavy atom. The average molecular weight is 473 g/mol. The van der Waals surface area contributed by atoms with E-state index in [0.717, 1.165) is 27.6 Å². The normalized spacial score (nSPS) is 11.7. The molecule has 0 radical (unpaired) electrons. The van der Waals surface area contributed by atoms with E-state index in [2.05, 4.69) is 20.6 Å². The number of anilines is 1. The first-order valence-electron chi connectivity index (χ1n) is 10.8. The summed E-state index contributed by atoms with van der Waals surface area (Å²) in [5.41, 5.74) is 4.80. The van der Waals surface area contributed by atoms with Crippen LogP contribution in [0.3, 0.4) is 0 Å². The van der Waals surface area contributed by atoms with Crippen LogP contribution in [0.25, 0.3) is 27.7 Å². The molecule has 3 heterocycles. The summed E-state index contributed by atoms with van der Waals surface area (Å²) in [6.45, 7) is 5.23. The highest BCUT2D eigenvalue weighted by Gasteiger charge is 2.20. The molecule has 0 spiro atoms. The minimum absolute atomic E-state index is 0.224. The fourth-order valence-electron chi connectivity index (χ4n) is 4.04. The molecule has 8 nitrogen and oxygen atoms in total. The number of hydrogen-bond donors (Lipinski definition) is 2. The molecule has 0 saturated carbocycles. The molecule has 2 aromatic carbocycles. The number of nitrogens with zero attached hydrogens (tertiary/aromatic N) is 3. The summed E-state index contributed by atoms with van der Waals surface area (Å²) in [6, 6.07) is 17.5. The topological polar surface area (TPSA) is 101 Å². The number of aromatic amines is 1. The van der Waals surface area contributed by atoms with Crippen molar-refractivity contribution in [2.24, 2.45) is 0 Å². The van der Waals surface area contributed by atoms with Crippen molar-refractivity contribution < 1.29 is 14.1 Å². The van der Waals surface area contributed by atoms with E-state index in [1.165, 1.54) is 6.92 Å². The molecule has 5 rings (SSSR count). The van der Waals surface area contributed by atoms with Crippen molar-refractivity contribution in [1.29, 1.82) is 0 Å². The van der Waals surface area contributed by atoms with Crippen molar-refractivity contribution in [3.63, 3.8) is 0 Å². The number of aromatic nitrogens is 4. The number of pyridine rings is 1. The molecule has 0 saturated heterocycles. The van der Waals surface area contributed by atoms with Gasteiger partial charge in [0.05, 0.1) is 29.0 Å². The lowest BCUT2D eigenvalue weighted by atomic mass is 10.0. The highest BCUT2D eigenvalue weighted by molar-refractivity contribution is 7.70. The van der Waals surface area contributed by atoms with E-state index in [9.17, 15) is 9.36 Å². The number of benzene rings is 2. The molecule has 9 heteroatoms. The first kappa shape index (κ1) is 21.9. The third kappa shape index (κ3) is 4.20. The second kappa shape index (κ2) is 8.47. The number of ether oxygens (including phenoxy) is 1. The number of fused-ring (bicyclic) bond motifs is 3. The van der Waals surface area contributed by atoms with Crippen molar-refractivity contribution in [1.82, 2.24) is 19.8 Å². The van der Waals surface area contributed by atoms with Crippen LogP contribution in [0.4, 0.5) is 5.69 Å². The molecule has 0 bridgehead atoms. The molecular formula is C25H24N5O3P. The maximum absolute atomic E-state index is 12.9. The van der Waals surface area contributed by atoms with Gasteiger partial charge in [0, 0.05) is 17.8 Å². The largest absolute Gasteiger partial charge is 0.487 e. The van der Waals surface area contributed by atoms with Gasteiger partial charge in [-0.05, 0) is 42.7 Å². The van der Waals surface area contributed by atoms with Gasteiger partial charge in [0.15, 0.2) is 5.65 Å². The van der Waals surface area contributed by atoms with Crippen LogP contribution in [0.2, 0.25) is 0 Å². The van der Waals surface area contributed by atoms with Crippen molar-refractivity contribution in [2.75, 3.05) is 18.6 Å². The summed E-state index contributed by atoms with van der Waals surface area (Å²) in [5.74, 6) is 0.421. The highest BCUT2D eigenvalue weighted by atomic mass is 31.2. The zero-order chi connectivity index (χ0) is 23.9. The van der Waals surface area contributed by atoms with Gasteiger partial charge in [-0.2, -0.15) is 5.10 Å². The summed E-state index contributed by atoms with van der Waals surface area (Å²) in [4.78, 5) is 11.9. The third-order valence-electron chi connectivity index (χ3n) is 5.55. The van der Waals surface area contributed by atoms with Crippen LogP contribution < -0.4 is 15.4 Å². The number of carbonyl (C=O) groups is 1. The number of amides is 1. The summed E-state index contributed by atoms with van der Waals surface area (Å²) in [6.07, 6.45) is 3.58. The van der Waals surface area contributed by atoms with Gasteiger partial charge in [-0.3, -0.25) is 9.89 Å². The van der Waals surface area contributed by atoms with Gasteiger partial charge in [-0.1, -0.05) is 36.4 Å². The fraction of sp³-hybridized carbons (Fsp3) is 0.160. The second-order valence-corrected chi connectivity index (χ2v) is 11.7. The van der Waals surface area contributed by atoms with Gasteiger partial charge in [0.2, 0.25) is 5.91 Å². The second-order valence-electron chi connectivity index (χ2n) is 8.55. The number of H-pyrrole nitrogens is 1. The molecule has 3 aromatic heterocycles. The first-order valence-corrected chi connectivity index (χ1v) is 13.4. The SMILES string of the molecule is CC(=O)Nc1cc(-c2cc(OCc3ccccc3)cn3nc4[nH]ncc4c23)ccc1P(C)(C)=O. The molecule has 0 unspecified atom stereocenters. The van der Waals surface area contributed by atoms with E-state index in [1.807, 2.05) is 60.8 Å². The molecule has 172 valence electrons. The molecule has 0 aliphatic heterocycles. The Morgan fingerprint density at radius 2 is 1.94 bits per heavy atom. The summed E-state index contributed by atoms with van der Waals surface area (Å²) in [5, 5.41) is 16.0. The van der Waals surface area contributed by atoms with Gasteiger partial charge < -0.3 is 14.6 Å². The Hall–Kier alpha value is -3.90. The number of carbonyl (C=O) groups excluding carboxylic acids is 1. The molecule has 5 aromatic rings. The molecular weight excluding hydrogens is 449 g/mol. The van der Waals surface area contributed by atoms with Crippen molar-refractivity contribution in [2.45, 2.75) is 13.5 Å². The van der Waals surface area contributed by atoms with Crippen molar-refractivity contribution >= 4 is 40.6 Å². The lowest BCUT2D eigenvalue weighted by Crippen LogP contribution is -2.16. The number of nitrogens with one attached hydrogen (secondary N) is 2. The van der Waals surface area contributed by atoms with Crippen LogP contribution in [0, 0.1) is 0 Å². The van der Waals surface area contributed by atoms with E-state index in [1.54, 1.807) is 24.0 Å². The molecule has 34 heavy (non-hydrogen) atoms. The quantitative estimate of drug-likeness (QED) is 0.349. The highest BCUT2D eigenvalue weighted by Crippen LogP contribution is 2.40. The van der Waals surface area contributed by atoms with Gasteiger partial charge >= 0.3 is 0 Å². The molecule has 0 fully saturated rings. The zero-order valence-electron chi connectivity index (χ0n) is 19.1. The van der Waals surface area contributed by atoms with Crippen LogP contribution in [0.15, 0.2) is 67.0 Å². The Balaban J connectivity index is 1.66. The molecule has 0 atom stereocenters. The van der Waals surface area contributed by atoms with Gasteiger partial charge in [0.25, 0.3) is 0 Å². The summed E-state index contributed by atoms with van der Waals surface area (Å²) >= 11 is 0. The van der Waals surface area contributed by atoms with E-state index in [-0.39, 0.29) is 5.91 Å². The number of hydrogen-bond acceptors (Lipinski definition) is 5. The van der Waals surface area contributed by atoms with E-state index in [0.29, 0.717) is 29.0 Å². The lowest BCUT2D eigenvalue weighted by molar-refractivity contribution is -0.114. The monoisotopic (exact) mass is 473 g/mol. The fourth-order valence-corrected chi connectivity index (χ4v) is 5.18. The van der Waals surface area contributed by atoms with E-state index < -0.39 is 7.14 Å². The van der Waals surface area contributed by atoms with Crippen molar-refractivity contribution in [3.8, 4) is 16.9 Å². The Labute approximate surface area is 196 Å². The van der Waals surface area contributed by atoms with Crippen molar-refractivity contribution in [3.05, 3.63) is 72.6 Å². The standard InChI is InChI=1S/C25H24N5O3P/c1-16(31)27-22-11-18(9-10-23(22)34(2,3)32)20-12-19(33-15-17-7-5-4-6-8-17)14-30-24(20)21-13-26-28-25(21)29-30/h4-14H,15H2,1-3H3,(H,27,31)(H,28,29). The lowest BCUT2D eigenvalue weighted by Gasteiger charge is -2.16. The van der Waals surface area contributed by atoms with Gasteiger partial charge in [-0.25, -0.2) is 4.52 Å². The average Bonchev–Trinajstić information content (AvgIpc) is 3.38. The van der Waals surface area contributed by atoms with Crippen LogP contribution in [-0.4, -0.2) is 39.0 Å². The van der Waals surface area contributed by atoms with Gasteiger partial charge in [-0.15, -0.1) is 5.10 Å². The number of rotatable bonds is 6. The Bertz CT molecular complexity index is 1570. The molecule has 0 aliphatic carbocycles. The van der Waals surface area contributed by atoms with Crippen LogP contribution >= 0.6 is 7.14 Å². The Kier molecular flexibility index (Phi) is 5.46. The third-order valence-corrected chi connectivity index (χ3v) is 7.10. The molecule has 1 amide bonds. The first-order chi connectivity index (χ1) is 16.3. The maximum atomic E-state index is 12.9. The smallest absolute Gasteiger partial charge is 0.221 e. The van der Waals surface area contributed by atoms with E-state index in [4.69, 9.17) is 4.74 Å². The minimum atomic E-state index is -2.61. The van der Waals surface area contributed by atoms with Crippen LogP contribution in [0.5, 0.6) is 5.75 Å². The predicted octanol–water partition coefficient (Wildman–Crippen LogP) is 4.66. The summed E-state index contributed by atoms with van der Waals surface area (Å²) < 4.78 is 20.7. The summed E-state index contributed by atoms with van der Waals surface area (Å²) in [7, 11) is -2.61. The molecule has 0 aliphatic rings. The van der Waals surface area contributed by atoms with Crippen LogP contribution in [0.1, 0.15) is 12.5 Å². The van der Waals surface area contributed by atoms with Gasteiger partial charge in [0.1, 0.15) is 19.5 Å². The predicted molar refractivity (Wildman–Crippen MR) is 134 cm³/mol. The van der Waals surface area contributed by atoms with Crippen LogP contribution in [-0.2, 0) is 16.0 Å². The molecule has 2 N–H and O–H groups in total.